The van der Waals surface area contributed by atoms with Gasteiger partial charge in [-0.05, 0) is 49.8 Å². The van der Waals surface area contributed by atoms with Gasteiger partial charge in [0, 0.05) is 38.1 Å². The van der Waals surface area contributed by atoms with Gasteiger partial charge in [-0.15, -0.1) is 12.4 Å². The van der Waals surface area contributed by atoms with Gasteiger partial charge in [0.15, 0.2) is 0 Å². The summed E-state index contributed by atoms with van der Waals surface area (Å²) in [5.41, 5.74) is 2.29. The third kappa shape index (κ3) is 5.35. The first-order valence-electron chi connectivity index (χ1n) is 12.0. The predicted octanol–water partition coefficient (Wildman–Crippen LogP) is 5.36. The maximum atomic E-state index is 13.3. The van der Waals surface area contributed by atoms with Crippen molar-refractivity contribution in [3.8, 4) is 0 Å². The molecule has 3 aliphatic rings. The standard InChI is InChI=1S/C25H30F4N4O.ClH/c1-24(9-10-24)22-21(23(34)32-13-6-18(16-32)25(27,28)29)14-30-33(22)20-7-11-31(12-8-20)15-17-2-4-19(26)5-3-17;/h2-5,14,18,20H,6-13,15-16H2,1H3;1H. The van der Waals surface area contributed by atoms with Crippen LogP contribution in [0.25, 0.3) is 0 Å². The fraction of sp³-hybridized carbons (Fsp3) is 0.600. The average Bonchev–Trinajstić information content (AvgIpc) is 3.21. The van der Waals surface area contributed by atoms with Gasteiger partial charge in [-0.2, -0.15) is 18.3 Å². The lowest BCUT2D eigenvalue weighted by atomic mass is 9.97. The first-order valence-corrected chi connectivity index (χ1v) is 12.0. The minimum absolute atomic E-state index is 0. The molecule has 2 aliphatic heterocycles. The topological polar surface area (TPSA) is 41.4 Å². The SMILES string of the molecule is CC1(c2c(C(=O)N3CCC(C(F)(F)F)C3)cnn2C2CCN(Cc3ccc(F)cc3)CC2)CC1.Cl. The lowest BCUT2D eigenvalue weighted by Crippen LogP contribution is -2.36. The summed E-state index contributed by atoms with van der Waals surface area (Å²) >= 11 is 0. The highest BCUT2D eigenvalue weighted by molar-refractivity contribution is 5.96. The summed E-state index contributed by atoms with van der Waals surface area (Å²) in [6.07, 6.45) is 0.919. The molecule has 1 atom stereocenters. The number of benzene rings is 1. The minimum atomic E-state index is -4.27. The zero-order valence-corrected chi connectivity index (χ0v) is 20.5. The predicted molar refractivity (Wildman–Crippen MR) is 126 cm³/mol. The summed E-state index contributed by atoms with van der Waals surface area (Å²) in [4.78, 5) is 16.9. The van der Waals surface area contributed by atoms with Gasteiger partial charge >= 0.3 is 6.18 Å². The van der Waals surface area contributed by atoms with Crippen LogP contribution in [-0.4, -0.2) is 57.8 Å². The second-order valence-corrected chi connectivity index (χ2v) is 10.3. The van der Waals surface area contributed by atoms with Crippen LogP contribution in [0.3, 0.4) is 0 Å². The van der Waals surface area contributed by atoms with Crippen molar-refractivity contribution >= 4 is 18.3 Å². The lowest BCUT2D eigenvalue weighted by molar-refractivity contribution is -0.169. The normalized spacial score (nSPS) is 22.8. The molecule has 3 fully saturated rings. The molecule has 1 aromatic heterocycles. The largest absolute Gasteiger partial charge is 0.393 e. The second-order valence-electron chi connectivity index (χ2n) is 10.3. The van der Waals surface area contributed by atoms with Crippen LogP contribution in [0.15, 0.2) is 30.5 Å². The second kappa shape index (κ2) is 9.73. The van der Waals surface area contributed by atoms with Gasteiger partial charge in [0.2, 0.25) is 0 Å². The summed E-state index contributed by atoms with van der Waals surface area (Å²) in [5, 5.41) is 4.61. The molecule has 5 rings (SSSR count). The number of nitrogens with zero attached hydrogens (tertiary/aromatic N) is 4. The summed E-state index contributed by atoms with van der Waals surface area (Å²) in [6.45, 7) is 4.46. The molecule has 1 aromatic carbocycles. The molecule has 1 aliphatic carbocycles. The molecule has 0 bridgehead atoms. The Hall–Kier alpha value is -2.13. The van der Waals surface area contributed by atoms with E-state index in [1.54, 1.807) is 18.3 Å². The van der Waals surface area contributed by atoms with Crippen molar-refractivity contribution in [1.29, 1.82) is 0 Å². The summed E-state index contributed by atoms with van der Waals surface area (Å²) < 4.78 is 54.6. The molecule has 1 amide bonds. The molecule has 3 heterocycles. The first kappa shape index (κ1) is 25.9. The minimum Gasteiger partial charge on any atom is -0.338 e. The van der Waals surface area contributed by atoms with E-state index in [2.05, 4.69) is 16.9 Å². The Morgan fingerprint density at radius 1 is 1.09 bits per heavy atom. The van der Waals surface area contributed by atoms with Crippen molar-refractivity contribution in [2.75, 3.05) is 26.2 Å². The van der Waals surface area contributed by atoms with E-state index in [1.165, 1.54) is 17.0 Å². The number of likely N-dealkylation sites (tertiary alicyclic amines) is 2. The quantitative estimate of drug-likeness (QED) is 0.505. The van der Waals surface area contributed by atoms with Crippen LogP contribution in [-0.2, 0) is 12.0 Å². The van der Waals surface area contributed by atoms with Crippen LogP contribution in [0.1, 0.15) is 66.7 Å². The number of hydrogen-bond acceptors (Lipinski definition) is 3. The van der Waals surface area contributed by atoms with E-state index in [0.717, 1.165) is 56.6 Å². The van der Waals surface area contributed by atoms with E-state index in [0.29, 0.717) is 5.56 Å². The van der Waals surface area contributed by atoms with Crippen molar-refractivity contribution < 1.29 is 22.4 Å². The third-order valence-corrected chi connectivity index (χ3v) is 7.76. The van der Waals surface area contributed by atoms with Crippen LogP contribution in [0.5, 0.6) is 0 Å². The average molecular weight is 515 g/mol. The molecule has 5 nitrogen and oxygen atoms in total. The highest BCUT2D eigenvalue weighted by atomic mass is 35.5. The Morgan fingerprint density at radius 2 is 1.74 bits per heavy atom. The van der Waals surface area contributed by atoms with Gasteiger partial charge < -0.3 is 4.90 Å². The molecular weight excluding hydrogens is 484 g/mol. The summed E-state index contributed by atoms with van der Waals surface area (Å²) in [6, 6.07) is 6.72. The van der Waals surface area contributed by atoms with Crippen molar-refractivity contribution in [3.63, 3.8) is 0 Å². The first-order chi connectivity index (χ1) is 16.1. The Bertz CT molecular complexity index is 1040. The number of carbonyl (C=O) groups excluding carboxylic acids is 1. The maximum Gasteiger partial charge on any atom is 0.393 e. The number of rotatable bonds is 5. The summed E-state index contributed by atoms with van der Waals surface area (Å²) in [7, 11) is 0. The van der Waals surface area contributed by atoms with Gasteiger partial charge in [-0.1, -0.05) is 19.1 Å². The number of piperidine rings is 1. The van der Waals surface area contributed by atoms with Crippen LogP contribution in [0.2, 0.25) is 0 Å². The van der Waals surface area contributed by atoms with Gasteiger partial charge in [-0.25, -0.2) is 4.39 Å². The molecule has 1 unspecified atom stereocenters. The van der Waals surface area contributed by atoms with Gasteiger partial charge in [-0.3, -0.25) is 14.4 Å². The molecule has 1 saturated carbocycles. The van der Waals surface area contributed by atoms with E-state index >= 15 is 0 Å². The van der Waals surface area contributed by atoms with E-state index in [9.17, 15) is 22.4 Å². The Morgan fingerprint density at radius 3 is 2.31 bits per heavy atom. The number of halogens is 5. The molecular formula is C25H31ClF4N4O. The molecule has 2 aromatic rings. The number of alkyl halides is 3. The Kier molecular flexibility index (Phi) is 7.21. The van der Waals surface area contributed by atoms with E-state index in [4.69, 9.17) is 0 Å². The van der Waals surface area contributed by atoms with E-state index in [-0.39, 0.29) is 55.1 Å². The van der Waals surface area contributed by atoms with Crippen molar-refractivity contribution in [2.45, 2.75) is 63.2 Å². The van der Waals surface area contributed by atoms with Crippen LogP contribution in [0, 0.1) is 11.7 Å². The van der Waals surface area contributed by atoms with Crippen molar-refractivity contribution in [3.05, 3.63) is 53.1 Å². The van der Waals surface area contributed by atoms with Crippen LogP contribution >= 0.6 is 12.4 Å². The molecule has 0 radical (unpaired) electrons. The molecule has 0 spiro atoms. The fourth-order valence-corrected chi connectivity index (χ4v) is 5.37. The third-order valence-electron chi connectivity index (χ3n) is 7.76. The molecule has 0 N–H and O–H groups in total. The van der Waals surface area contributed by atoms with Crippen molar-refractivity contribution in [1.82, 2.24) is 19.6 Å². The Balaban J connectivity index is 0.00000289. The zero-order chi connectivity index (χ0) is 24.1. The highest BCUT2D eigenvalue weighted by Crippen LogP contribution is 2.50. The fourth-order valence-electron chi connectivity index (χ4n) is 5.37. The van der Waals surface area contributed by atoms with Gasteiger partial charge in [0.25, 0.3) is 5.91 Å². The smallest absolute Gasteiger partial charge is 0.338 e. The number of amides is 1. The Labute approximate surface area is 208 Å². The number of carbonyl (C=O) groups is 1. The molecule has 192 valence electrons. The zero-order valence-electron chi connectivity index (χ0n) is 19.7. The van der Waals surface area contributed by atoms with Crippen molar-refractivity contribution in [2.24, 2.45) is 5.92 Å². The summed E-state index contributed by atoms with van der Waals surface area (Å²) in [5.74, 6) is -2.01. The van der Waals surface area contributed by atoms with Gasteiger partial charge in [0.05, 0.1) is 29.4 Å². The van der Waals surface area contributed by atoms with Gasteiger partial charge in [0.1, 0.15) is 5.82 Å². The maximum absolute atomic E-state index is 13.3. The van der Waals surface area contributed by atoms with Crippen LogP contribution < -0.4 is 0 Å². The van der Waals surface area contributed by atoms with E-state index in [1.807, 2.05) is 4.68 Å². The lowest BCUT2D eigenvalue weighted by Gasteiger charge is -2.33. The highest BCUT2D eigenvalue weighted by Gasteiger charge is 2.48. The number of aromatic nitrogens is 2. The monoisotopic (exact) mass is 514 g/mol. The number of hydrogen-bond donors (Lipinski definition) is 0. The molecule has 10 heteroatoms. The molecule has 2 saturated heterocycles. The van der Waals surface area contributed by atoms with Crippen LogP contribution in [0.4, 0.5) is 17.6 Å². The molecule has 35 heavy (non-hydrogen) atoms. The van der Waals surface area contributed by atoms with E-state index < -0.39 is 12.1 Å².